The quantitative estimate of drug-likeness (QED) is 0.632. The highest BCUT2D eigenvalue weighted by Crippen LogP contribution is 2.31. The van der Waals surface area contributed by atoms with Crippen molar-refractivity contribution in [1.82, 2.24) is 4.98 Å². The molecule has 0 aliphatic carbocycles. The first-order valence-electron chi connectivity index (χ1n) is 7.06. The second-order valence-electron chi connectivity index (χ2n) is 3.80. The maximum atomic E-state index is 4.47. The molecule has 1 unspecified atom stereocenters. The van der Waals surface area contributed by atoms with Crippen molar-refractivity contribution in [2.24, 2.45) is 0 Å². The number of benzene rings is 1. The smallest absolute Gasteiger partial charge is 0.0849 e. The summed E-state index contributed by atoms with van der Waals surface area (Å²) in [6.07, 6.45) is 1.18. The lowest BCUT2D eigenvalue weighted by Gasteiger charge is -2.12. The van der Waals surface area contributed by atoms with Crippen LogP contribution in [0.3, 0.4) is 0 Å². The molecule has 0 amide bonds. The Morgan fingerprint density at radius 3 is 2.33 bits per heavy atom. The molecule has 0 saturated heterocycles. The first-order chi connectivity index (χ1) is 8.74. The molecule has 1 nitrogen and oxygen atoms in total. The fraction of sp³-hybridized carbons (Fsp3) is 0.562. The fourth-order valence-corrected chi connectivity index (χ4v) is 2.57. The van der Waals surface area contributed by atoms with E-state index in [4.69, 9.17) is 0 Å². The highest BCUT2D eigenvalue weighted by atomic mass is 32.1. The van der Waals surface area contributed by atoms with Gasteiger partial charge in [-0.15, -0.1) is 11.3 Å². The lowest BCUT2D eigenvalue weighted by Crippen LogP contribution is -1.96. The second kappa shape index (κ2) is 9.09. The molecule has 0 saturated carbocycles. The van der Waals surface area contributed by atoms with Gasteiger partial charge in [0, 0.05) is 0 Å². The van der Waals surface area contributed by atoms with Gasteiger partial charge in [0.1, 0.15) is 0 Å². The van der Waals surface area contributed by atoms with Gasteiger partial charge in [-0.3, -0.25) is 0 Å². The summed E-state index contributed by atoms with van der Waals surface area (Å²) in [5, 5.41) is 0. The van der Waals surface area contributed by atoms with E-state index in [-0.39, 0.29) is 0 Å². The summed E-state index contributed by atoms with van der Waals surface area (Å²) in [5.41, 5.74) is 5.96. The van der Waals surface area contributed by atoms with Crippen molar-refractivity contribution in [1.29, 1.82) is 0 Å². The minimum absolute atomic E-state index is 0.612. The molecule has 2 heteroatoms. The fourth-order valence-electron chi connectivity index (χ4n) is 1.88. The Morgan fingerprint density at radius 1 is 1.17 bits per heavy atom. The molecule has 1 aromatic carbocycles. The number of thiazole rings is 1. The zero-order valence-electron chi connectivity index (χ0n) is 12.9. The van der Waals surface area contributed by atoms with Crippen molar-refractivity contribution < 1.29 is 0 Å². The van der Waals surface area contributed by atoms with Crippen molar-refractivity contribution in [3.05, 3.63) is 28.8 Å². The molecular formula is C16H27NS. The molecule has 102 valence electrons. The maximum absolute atomic E-state index is 4.47. The molecule has 1 aromatic heterocycles. The van der Waals surface area contributed by atoms with Crippen LogP contribution in [0.4, 0.5) is 0 Å². The lowest BCUT2D eigenvalue weighted by atomic mass is 9.93. The van der Waals surface area contributed by atoms with Crippen LogP contribution in [0, 0.1) is 6.92 Å². The van der Waals surface area contributed by atoms with E-state index in [2.05, 4.69) is 37.9 Å². The van der Waals surface area contributed by atoms with Gasteiger partial charge in [-0.1, -0.05) is 47.6 Å². The van der Waals surface area contributed by atoms with E-state index >= 15 is 0 Å². The third kappa shape index (κ3) is 3.81. The van der Waals surface area contributed by atoms with Gasteiger partial charge in [-0.2, -0.15) is 0 Å². The summed E-state index contributed by atoms with van der Waals surface area (Å²) in [7, 11) is 0. The van der Waals surface area contributed by atoms with Crippen molar-refractivity contribution in [2.45, 2.75) is 60.8 Å². The maximum Gasteiger partial charge on any atom is 0.0849 e. The van der Waals surface area contributed by atoms with Gasteiger partial charge >= 0.3 is 0 Å². The third-order valence-corrected chi connectivity index (χ3v) is 3.66. The molecule has 0 aliphatic rings. The van der Waals surface area contributed by atoms with Crippen LogP contribution in [0.5, 0.6) is 0 Å². The summed E-state index contributed by atoms with van der Waals surface area (Å²) in [6, 6.07) is 4.39. The normalized spacial score (nSPS) is 11.1. The van der Waals surface area contributed by atoms with E-state index in [0.29, 0.717) is 5.92 Å². The summed E-state index contributed by atoms with van der Waals surface area (Å²) in [6.45, 7) is 14.7. The number of aryl methyl sites for hydroxylation is 1. The minimum atomic E-state index is 0.612. The molecule has 0 aliphatic heterocycles. The van der Waals surface area contributed by atoms with Gasteiger partial charge in [0.2, 0.25) is 0 Å². The Bertz CT molecular complexity index is 445. The van der Waals surface area contributed by atoms with E-state index in [1.807, 2.05) is 33.2 Å². The number of hydrogen-bond acceptors (Lipinski definition) is 2. The van der Waals surface area contributed by atoms with E-state index in [1.54, 1.807) is 11.3 Å². The average Bonchev–Trinajstić information content (AvgIpc) is 2.90. The molecule has 0 N–H and O–H groups in total. The van der Waals surface area contributed by atoms with Crippen molar-refractivity contribution in [2.75, 3.05) is 0 Å². The molecule has 1 atom stereocenters. The molecule has 0 spiro atoms. The number of fused-ring (bicyclic) bond motifs is 1. The van der Waals surface area contributed by atoms with Crippen molar-refractivity contribution in [3.63, 3.8) is 0 Å². The molecular weight excluding hydrogens is 238 g/mol. The number of rotatable bonds is 2. The van der Waals surface area contributed by atoms with E-state index < -0.39 is 0 Å². The van der Waals surface area contributed by atoms with Gasteiger partial charge in [0.05, 0.1) is 15.7 Å². The Kier molecular flexibility index (Phi) is 8.65. The number of aromatic nitrogens is 1. The number of nitrogens with zero attached hydrogens (tertiary/aromatic N) is 1. The van der Waals surface area contributed by atoms with Crippen LogP contribution in [0.1, 0.15) is 65.0 Å². The highest BCUT2D eigenvalue weighted by Gasteiger charge is 2.12. The number of hydrogen-bond donors (Lipinski definition) is 0. The summed E-state index contributed by atoms with van der Waals surface area (Å²) in [4.78, 5) is 4.47. The Balaban J connectivity index is 0.000000659. The van der Waals surface area contributed by atoms with Gasteiger partial charge in [-0.25, -0.2) is 4.98 Å². The third-order valence-electron chi connectivity index (χ3n) is 2.86. The highest BCUT2D eigenvalue weighted by molar-refractivity contribution is 7.16. The molecule has 2 rings (SSSR count). The van der Waals surface area contributed by atoms with Crippen LogP contribution in [-0.2, 0) is 0 Å². The van der Waals surface area contributed by atoms with E-state index in [0.717, 1.165) is 0 Å². The zero-order valence-corrected chi connectivity index (χ0v) is 13.7. The van der Waals surface area contributed by atoms with Crippen LogP contribution in [-0.4, -0.2) is 4.98 Å². The molecule has 18 heavy (non-hydrogen) atoms. The van der Waals surface area contributed by atoms with Gasteiger partial charge in [-0.05, 0) is 36.5 Å². The van der Waals surface area contributed by atoms with Crippen LogP contribution >= 0.6 is 11.3 Å². The Labute approximate surface area is 116 Å². The SMILES string of the molecule is CC.CC.CCC(C)c1c(C)ccc2scnc12. The van der Waals surface area contributed by atoms with E-state index in [9.17, 15) is 0 Å². The van der Waals surface area contributed by atoms with Gasteiger partial charge in [0.25, 0.3) is 0 Å². The summed E-state index contributed by atoms with van der Waals surface area (Å²) >= 11 is 1.73. The summed E-state index contributed by atoms with van der Waals surface area (Å²) < 4.78 is 1.31. The monoisotopic (exact) mass is 265 g/mol. The average molecular weight is 265 g/mol. The predicted molar refractivity (Wildman–Crippen MR) is 85.8 cm³/mol. The van der Waals surface area contributed by atoms with E-state index in [1.165, 1.54) is 27.8 Å². The summed E-state index contributed by atoms with van der Waals surface area (Å²) in [5.74, 6) is 0.612. The van der Waals surface area contributed by atoms with Gasteiger partial charge < -0.3 is 0 Å². The van der Waals surface area contributed by atoms with Crippen LogP contribution in [0.25, 0.3) is 10.2 Å². The first kappa shape index (κ1) is 17.1. The minimum Gasteiger partial charge on any atom is -0.244 e. The Morgan fingerprint density at radius 2 is 1.78 bits per heavy atom. The first-order valence-corrected chi connectivity index (χ1v) is 7.94. The van der Waals surface area contributed by atoms with Crippen LogP contribution < -0.4 is 0 Å². The zero-order chi connectivity index (χ0) is 14.1. The van der Waals surface area contributed by atoms with Gasteiger partial charge in [0.15, 0.2) is 0 Å². The molecule has 0 bridgehead atoms. The lowest BCUT2D eigenvalue weighted by molar-refractivity contribution is 0.733. The topological polar surface area (TPSA) is 12.9 Å². The predicted octanol–water partition coefficient (Wildman–Crippen LogP) is 6.17. The molecule has 2 aromatic rings. The Hall–Kier alpha value is -0.890. The second-order valence-corrected chi connectivity index (χ2v) is 4.69. The van der Waals surface area contributed by atoms with Crippen molar-refractivity contribution >= 4 is 21.6 Å². The van der Waals surface area contributed by atoms with Crippen LogP contribution in [0.15, 0.2) is 17.6 Å². The molecule has 1 heterocycles. The molecule has 0 radical (unpaired) electrons. The molecule has 0 fully saturated rings. The van der Waals surface area contributed by atoms with Crippen molar-refractivity contribution in [3.8, 4) is 0 Å². The van der Waals surface area contributed by atoms with Crippen LogP contribution in [0.2, 0.25) is 0 Å². The standard InChI is InChI=1S/C12H15NS.2C2H6/c1-4-8(2)11-9(3)5-6-10-12(11)13-7-14-10;2*1-2/h5-8H,4H2,1-3H3;2*1-2H3. The largest absolute Gasteiger partial charge is 0.244 e.